The van der Waals surface area contributed by atoms with Crippen LogP contribution in [-0.4, -0.2) is 17.0 Å². The predicted molar refractivity (Wildman–Crippen MR) is 61.4 cm³/mol. The van der Waals surface area contributed by atoms with Gasteiger partial charge in [0.1, 0.15) is 11.5 Å². The maximum atomic E-state index is 5.63. The number of halogens is 1. The zero-order chi connectivity index (χ0) is 10.8. The van der Waals surface area contributed by atoms with Crippen LogP contribution in [0.25, 0.3) is 11.5 Å². The van der Waals surface area contributed by atoms with Crippen LogP contribution in [0.2, 0.25) is 0 Å². The summed E-state index contributed by atoms with van der Waals surface area (Å²) in [5.41, 5.74) is 6.29. The van der Waals surface area contributed by atoms with Crippen LogP contribution in [0.15, 0.2) is 27.3 Å². The van der Waals surface area contributed by atoms with Crippen molar-refractivity contribution >= 4 is 27.7 Å². The Kier molecular flexibility index (Phi) is 2.59. The summed E-state index contributed by atoms with van der Waals surface area (Å²) in [6.07, 6.45) is 0. The lowest BCUT2D eigenvalue weighted by molar-refractivity contribution is 0.553. The van der Waals surface area contributed by atoms with Gasteiger partial charge in [0.15, 0.2) is 10.4 Å². The van der Waals surface area contributed by atoms with E-state index in [1.807, 2.05) is 6.07 Å². The molecule has 0 aromatic carbocycles. The van der Waals surface area contributed by atoms with E-state index in [4.69, 9.17) is 10.2 Å². The summed E-state index contributed by atoms with van der Waals surface area (Å²) in [5, 5.41) is 2.83. The molecule has 0 saturated heterocycles. The van der Waals surface area contributed by atoms with Crippen molar-refractivity contribution in [2.45, 2.75) is 0 Å². The molecule has 0 atom stereocenters. The van der Waals surface area contributed by atoms with E-state index < -0.39 is 0 Å². The number of nitrogens with zero attached hydrogens (tertiary/aromatic N) is 2. The quantitative estimate of drug-likeness (QED) is 0.873. The highest BCUT2D eigenvalue weighted by Crippen LogP contribution is 2.24. The predicted octanol–water partition coefficient (Wildman–Crippen LogP) is 2.12. The van der Waals surface area contributed by atoms with E-state index in [-0.39, 0.29) is 0 Å². The van der Waals surface area contributed by atoms with Gasteiger partial charge in [-0.15, -0.1) is 0 Å². The van der Waals surface area contributed by atoms with E-state index in [0.717, 1.165) is 0 Å². The summed E-state index contributed by atoms with van der Waals surface area (Å²) in [7, 11) is 1.73. The Bertz CT molecular complexity index is 483. The minimum atomic E-state index is 0.400. The average molecular weight is 269 g/mol. The molecule has 15 heavy (non-hydrogen) atoms. The molecule has 0 bridgehead atoms. The van der Waals surface area contributed by atoms with E-state index in [2.05, 4.69) is 31.2 Å². The van der Waals surface area contributed by atoms with Crippen LogP contribution in [0.5, 0.6) is 0 Å². The first-order valence-electron chi connectivity index (χ1n) is 4.27. The van der Waals surface area contributed by atoms with Crippen molar-refractivity contribution in [3.8, 4) is 11.5 Å². The molecular weight excluding hydrogens is 260 g/mol. The maximum absolute atomic E-state index is 5.63. The second-order valence-electron chi connectivity index (χ2n) is 2.86. The van der Waals surface area contributed by atoms with Gasteiger partial charge < -0.3 is 15.5 Å². The van der Waals surface area contributed by atoms with Gasteiger partial charge in [0.2, 0.25) is 5.95 Å². The van der Waals surface area contributed by atoms with Crippen molar-refractivity contribution < 1.29 is 4.42 Å². The molecule has 2 rings (SSSR count). The van der Waals surface area contributed by atoms with E-state index in [9.17, 15) is 0 Å². The van der Waals surface area contributed by atoms with Crippen molar-refractivity contribution in [1.82, 2.24) is 9.97 Å². The fourth-order valence-electron chi connectivity index (χ4n) is 1.16. The van der Waals surface area contributed by atoms with E-state index in [1.54, 1.807) is 19.2 Å². The maximum Gasteiger partial charge on any atom is 0.225 e. The summed E-state index contributed by atoms with van der Waals surface area (Å²) >= 11 is 3.23. The second kappa shape index (κ2) is 3.90. The summed E-state index contributed by atoms with van der Waals surface area (Å²) in [6, 6.07) is 5.27. The molecule has 0 aliphatic carbocycles. The number of nitrogens with two attached hydrogens (primary N) is 1. The third-order valence-corrected chi connectivity index (χ3v) is 2.22. The first-order chi connectivity index (χ1) is 7.19. The van der Waals surface area contributed by atoms with E-state index >= 15 is 0 Å². The van der Waals surface area contributed by atoms with Gasteiger partial charge in [0, 0.05) is 13.1 Å². The SMILES string of the molecule is CNc1nc(N)cc(-c2ccc(Br)o2)n1. The fraction of sp³-hybridized carbons (Fsp3) is 0.111. The van der Waals surface area contributed by atoms with Crippen LogP contribution in [-0.2, 0) is 0 Å². The Morgan fingerprint density at radius 2 is 2.20 bits per heavy atom. The highest BCUT2D eigenvalue weighted by Gasteiger charge is 2.07. The van der Waals surface area contributed by atoms with Gasteiger partial charge in [-0.2, -0.15) is 4.98 Å². The van der Waals surface area contributed by atoms with Crippen LogP contribution >= 0.6 is 15.9 Å². The van der Waals surface area contributed by atoms with Crippen molar-refractivity contribution in [3.05, 3.63) is 22.9 Å². The minimum Gasteiger partial charge on any atom is -0.448 e. The van der Waals surface area contributed by atoms with Gasteiger partial charge in [0.25, 0.3) is 0 Å². The zero-order valence-corrected chi connectivity index (χ0v) is 9.58. The molecule has 0 saturated carbocycles. The molecule has 0 radical (unpaired) electrons. The van der Waals surface area contributed by atoms with Crippen LogP contribution in [0.3, 0.4) is 0 Å². The topological polar surface area (TPSA) is 77.0 Å². The summed E-state index contributed by atoms with van der Waals surface area (Å²) in [6.45, 7) is 0. The monoisotopic (exact) mass is 268 g/mol. The molecule has 3 N–H and O–H groups in total. The van der Waals surface area contributed by atoms with Gasteiger partial charge in [0.05, 0.1) is 0 Å². The molecule has 0 spiro atoms. The Balaban J connectivity index is 2.48. The Labute approximate surface area is 94.8 Å². The van der Waals surface area contributed by atoms with Gasteiger partial charge in [-0.1, -0.05) is 0 Å². The average Bonchev–Trinajstić information content (AvgIpc) is 2.64. The molecule has 78 valence electrons. The highest BCUT2D eigenvalue weighted by atomic mass is 79.9. The zero-order valence-electron chi connectivity index (χ0n) is 7.99. The molecule has 0 amide bonds. The van der Waals surface area contributed by atoms with Gasteiger partial charge >= 0.3 is 0 Å². The molecule has 0 fully saturated rings. The number of hydrogen-bond acceptors (Lipinski definition) is 5. The Hall–Kier alpha value is -1.56. The van der Waals surface area contributed by atoms with Gasteiger partial charge in [-0.05, 0) is 28.1 Å². The van der Waals surface area contributed by atoms with Gasteiger partial charge in [-0.25, -0.2) is 4.98 Å². The third kappa shape index (κ3) is 2.10. The molecule has 0 unspecified atom stereocenters. The largest absolute Gasteiger partial charge is 0.448 e. The molecule has 2 heterocycles. The fourth-order valence-corrected chi connectivity index (χ4v) is 1.46. The number of hydrogen-bond donors (Lipinski definition) is 2. The molecule has 6 heteroatoms. The lowest BCUT2D eigenvalue weighted by atomic mass is 10.3. The van der Waals surface area contributed by atoms with Crippen molar-refractivity contribution in [2.24, 2.45) is 0 Å². The minimum absolute atomic E-state index is 0.400. The second-order valence-corrected chi connectivity index (χ2v) is 3.64. The number of anilines is 2. The van der Waals surface area contributed by atoms with Crippen molar-refractivity contribution in [2.75, 3.05) is 18.1 Å². The lowest BCUT2D eigenvalue weighted by Gasteiger charge is -2.02. The van der Waals surface area contributed by atoms with E-state index in [1.165, 1.54) is 0 Å². The molecule has 0 aliphatic heterocycles. The number of rotatable bonds is 2. The van der Waals surface area contributed by atoms with Crippen molar-refractivity contribution in [3.63, 3.8) is 0 Å². The van der Waals surface area contributed by atoms with Crippen molar-refractivity contribution in [1.29, 1.82) is 0 Å². The summed E-state index contributed by atoms with van der Waals surface area (Å²) < 4.78 is 6.02. The highest BCUT2D eigenvalue weighted by molar-refractivity contribution is 9.10. The standard InChI is InChI=1S/C9H9BrN4O/c1-12-9-13-5(4-8(11)14-9)6-2-3-7(10)15-6/h2-4H,1H3,(H3,11,12,13,14). The molecule has 2 aromatic heterocycles. The van der Waals surface area contributed by atoms with Crippen LogP contribution in [0.4, 0.5) is 11.8 Å². The summed E-state index contributed by atoms with van der Waals surface area (Å²) in [5.74, 6) is 1.52. The molecule has 0 aliphatic rings. The Morgan fingerprint density at radius 3 is 2.80 bits per heavy atom. The summed E-state index contributed by atoms with van der Waals surface area (Å²) in [4.78, 5) is 8.21. The van der Waals surface area contributed by atoms with E-state index in [0.29, 0.717) is 27.9 Å². The number of nitrogens with one attached hydrogen (secondary N) is 1. The van der Waals surface area contributed by atoms with Crippen LogP contribution in [0.1, 0.15) is 0 Å². The number of furan rings is 1. The number of aromatic nitrogens is 2. The smallest absolute Gasteiger partial charge is 0.225 e. The first kappa shape index (κ1) is 9.97. The first-order valence-corrected chi connectivity index (χ1v) is 5.06. The van der Waals surface area contributed by atoms with Gasteiger partial charge in [-0.3, -0.25) is 0 Å². The normalized spacial score (nSPS) is 10.3. The third-order valence-electron chi connectivity index (χ3n) is 1.80. The lowest BCUT2D eigenvalue weighted by Crippen LogP contribution is -2.00. The Morgan fingerprint density at radius 1 is 1.40 bits per heavy atom. The van der Waals surface area contributed by atoms with Crippen LogP contribution < -0.4 is 11.1 Å². The molecular formula is C9H9BrN4O. The number of nitrogen functional groups attached to an aromatic ring is 1. The van der Waals surface area contributed by atoms with Crippen LogP contribution in [0, 0.1) is 0 Å². The molecule has 2 aromatic rings. The molecule has 5 nitrogen and oxygen atoms in total.